The SMILES string of the molecule is Cl.Nc1c(O)ccc([N+](=O)[O-])c1O. The summed E-state index contributed by atoms with van der Waals surface area (Å²) in [5, 5.41) is 28.1. The number of rotatable bonds is 1. The van der Waals surface area contributed by atoms with Crippen molar-refractivity contribution in [3.05, 3.63) is 22.2 Å². The van der Waals surface area contributed by atoms with Gasteiger partial charge in [0, 0.05) is 6.07 Å². The summed E-state index contributed by atoms with van der Waals surface area (Å²) < 4.78 is 0. The molecule has 0 aliphatic heterocycles. The van der Waals surface area contributed by atoms with E-state index in [1.54, 1.807) is 0 Å². The lowest BCUT2D eigenvalue weighted by Gasteiger charge is -2.00. The van der Waals surface area contributed by atoms with Crippen LogP contribution in [0.5, 0.6) is 11.5 Å². The molecular formula is C6H7ClN2O4. The Morgan fingerprint density at radius 3 is 2.38 bits per heavy atom. The minimum atomic E-state index is -0.787. The van der Waals surface area contributed by atoms with E-state index in [4.69, 9.17) is 15.9 Å². The number of hydrogen-bond acceptors (Lipinski definition) is 5. The molecule has 0 amide bonds. The van der Waals surface area contributed by atoms with Crippen LogP contribution in [0.1, 0.15) is 0 Å². The number of nitrogen functional groups attached to an aromatic ring is 1. The second-order valence-electron chi connectivity index (χ2n) is 2.12. The number of nitrogens with two attached hydrogens (primary N) is 1. The van der Waals surface area contributed by atoms with Crippen molar-refractivity contribution in [1.82, 2.24) is 0 Å². The average molecular weight is 207 g/mol. The molecule has 0 saturated heterocycles. The van der Waals surface area contributed by atoms with E-state index in [9.17, 15) is 10.1 Å². The van der Waals surface area contributed by atoms with Crippen LogP contribution in [0.15, 0.2) is 12.1 Å². The van der Waals surface area contributed by atoms with Crippen LogP contribution >= 0.6 is 12.4 Å². The number of nitrogens with zero attached hydrogens (tertiary/aromatic N) is 1. The standard InChI is InChI=1S/C6H6N2O4.ClH/c7-5-4(9)2-1-3(6(5)10)8(11)12;/h1-2,9-10H,7H2;1H. The van der Waals surface area contributed by atoms with Gasteiger partial charge in [-0.25, -0.2) is 0 Å². The van der Waals surface area contributed by atoms with Gasteiger partial charge < -0.3 is 15.9 Å². The first kappa shape index (κ1) is 11.3. The highest BCUT2D eigenvalue weighted by Crippen LogP contribution is 2.37. The lowest BCUT2D eigenvalue weighted by Crippen LogP contribution is -1.92. The van der Waals surface area contributed by atoms with Crippen molar-refractivity contribution < 1.29 is 15.1 Å². The van der Waals surface area contributed by atoms with Gasteiger partial charge in [-0.15, -0.1) is 12.4 Å². The van der Waals surface area contributed by atoms with Crippen molar-refractivity contribution >= 4 is 23.8 Å². The molecule has 13 heavy (non-hydrogen) atoms. The lowest BCUT2D eigenvalue weighted by atomic mass is 10.2. The van der Waals surface area contributed by atoms with Crippen LogP contribution in [-0.2, 0) is 0 Å². The predicted molar refractivity (Wildman–Crippen MR) is 48.1 cm³/mol. The maximum Gasteiger partial charge on any atom is 0.313 e. The third kappa shape index (κ3) is 1.91. The van der Waals surface area contributed by atoms with E-state index >= 15 is 0 Å². The smallest absolute Gasteiger partial charge is 0.313 e. The van der Waals surface area contributed by atoms with Gasteiger partial charge in [0.15, 0.2) is 0 Å². The average Bonchev–Trinajstić information content (AvgIpc) is 2.00. The van der Waals surface area contributed by atoms with Crippen LogP contribution in [0.4, 0.5) is 11.4 Å². The molecule has 72 valence electrons. The van der Waals surface area contributed by atoms with E-state index in [1.807, 2.05) is 0 Å². The second-order valence-corrected chi connectivity index (χ2v) is 2.12. The first-order valence-electron chi connectivity index (χ1n) is 2.99. The van der Waals surface area contributed by atoms with Crippen LogP contribution in [-0.4, -0.2) is 15.1 Å². The van der Waals surface area contributed by atoms with Gasteiger partial charge in [-0.05, 0) is 6.07 Å². The zero-order valence-corrected chi connectivity index (χ0v) is 7.11. The summed E-state index contributed by atoms with van der Waals surface area (Å²) in [6.45, 7) is 0. The van der Waals surface area contributed by atoms with Crippen molar-refractivity contribution in [3.8, 4) is 11.5 Å². The molecule has 0 atom stereocenters. The minimum Gasteiger partial charge on any atom is -0.506 e. The monoisotopic (exact) mass is 206 g/mol. The van der Waals surface area contributed by atoms with Crippen molar-refractivity contribution in [1.29, 1.82) is 0 Å². The fourth-order valence-corrected chi connectivity index (χ4v) is 0.733. The number of aromatic hydroxyl groups is 2. The molecule has 0 bridgehead atoms. The summed E-state index contributed by atoms with van der Waals surface area (Å²) in [6, 6.07) is 2.02. The van der Waals surface area contributed by atoms with Crippen LogP contribution in [0, 0.1) is 10.1 Å². The number of nitro benzene ring substituents is 1. The zero-order valence-electron chi connectivity index (χ0n) is 6.30. The summed E-state index contributed by atoms with van der Waals surface area (Å²) >= 11 is 0. The van der Waals surface area contributed by atoms with E-state index in [0.29, 0.717) is 0 Å². The quantitative estimate of drug-likeness (QED) is 0.275. The Bertz CT molecular complexity index is 342. The predicted octanol–water partition coefficient (Wildman–Crippen LogP) is 1.01. The van der Waals surface area contributed by atoms with Crippen molar-refractivity contribution in [2.24, 2.45) is 0 Å². The highest BCUT2D eigenvalue weighted by atomic mass is 35.5. The normalized spacial score (nSPS) is 8.92. The van der Waals surface area contributed by atoms with E-state index in [2.05, 4.69) is 0 Å². The summed E-state index contributed by atoms with van der Waals surface area (Å²) in [5.41, 5.74) is 4.21. The number of phenolic OH excluding ortho intramolecular Hbond substituents is 2. The molecule has 0 fully saturated rings. The molecule has 1 rings (SSSR count). The first-order chi connectivity index (χ1) is 5.54. The van der Waals surface area contributed by atoms with Gasteiger partial charge in [0.2, 0.25) is 5.75 Å². The highest BCUT2D eigenvalue weighted by Gasteiger charge is 2.17. The van der Waals surface area contributed by atoms with E-state index in [0.717, 1.165) is 12.1 Å². The molecular weight excluding hydrogens is 200 g/mol. The van der Waals surface area contributed by atoms with E-state index in [1.165, 1.54) is 0 Å². The van der Waals surface area contributed by atoms with Crippen LogP contribution < -0.4 is 5.73 Å². The number of phenols is 2. The van der Waals surface area contributed by atoms with Gasteiger partial charge in [-0.2, -0.15) is 0 Å². The maximum absolute atomic E-state index is 10.2. The lowest BCUT2D eigenvalue weighted by molar-refractivity contribution is -0.385. The van der Waals surface area contributed by atoms with Crippen molar-refractivity contribution in [2.45, 2.75) is 0 Å². The van der Waals surface area contributed by atoms with Gasteiger partial charge in [0.25, 0.3) is 0 Å². The first-order valence-corrected chi connectivity index (χ1v) is 2.99. The Morgan fingerprint density at radius 2 is 1.92 bits per heavy atom. The second kappa shape index (κ2) is 3.81. The largest absolute Gasteiger partial charge is 0.506 e. The van der Waals surface area contributed by atoms with Gasteiger partial charge >= 0.3 is 5.69 Å². The molecule has 7 heteroatoms. The molecule has 0 aliphatic rings. The van der Waals surface area contributed by atoms with Gasteiger partial charge in [0.1, 0.15) is 11.4 Å². The fourth-order valence-electron chi connectivity index (χ4n) is 0.733. The third-order valence-electron chi connectivity index (χ3n) is 1.37. The van der Waals surface area contributed by atoms with Gasteiger partial charge in [0.05, 0.1) is 4.92 Å². The number of nitro groups is 1. The Balaban J connectivity index is 0.00000144. The van der Waals surface area contributed by atoms with Gasteiger partial charge in [-0.1, -0.05) is 0 Å². The summed E-state index contributed by atoms with van der Waals surface area (Å²) in [7, 11) is 0. The van der Waals surface area contributed by atoms with Crippen LogP contribution in [0.25, 0.3) is 0 Å². The molecule has 0 aromatic heterocycles. The molecule has 1 aromatic rings. The molecule has 0 saturated carbocycles. The Labute approximate surface area is 79.2 Å². The molecule has 0 unspecified atom stereocenters. The van der Waals surface area contributed by atoms with Crippen LogP contribution in [0.3, 0.4) is 0 Å². The summed E-state index contributed by atoms with van der Waals surface area (Å²) in [5.74, 6) is -1.09. The van der Waals surface area contributed by atoms with Gasteiger partial charge in [-0.3, -0.25) is 10.1 Å². The van der Waals surface area contributed by atoms with Crippen molar-refractivity contribution in [3.63, 3.8) is 0 Å². The number of benzene rings is 1. The topological polar surface area (TPSA) is 110 Å². The fraction of sp³-hybridized carbons (Fsp3) is 0. The van der Waals surface area contributed by atoms with E-state index in [-0.39, 0.29) is 23.8 Å². The number of halogens is 1. The Hall–Kier alpha value is -1.69. The molecule has 4 N–H and O–H groups in total. The minimum absolute atomic E-state index is 0. The molecule has 6 nitrogen and oxygen atoms in total. The Kier molecular flexibility index (Phi) is 3.32. The Morgan fingerprint density at radius 1 is 1.38 bits per heavy atom. The molecule has 0 aliphatic carbocycles. The number of anilines is 1. The molecule has 0 spiro atoms. The summed E-state index contributed by atoms with van der Waals surface area (Å²) in [4.78, 5) is 9.41. The molecule has 0 heterocycles. The third-order valence-corrected chi connectivity index (χ3v) is 1.37. The van der Waals surface area contributed by atoms with E-state index < -0.39 is 16.4 Å². The van der Waals surface area contributed by atoms with Crippen LogP contribution in [0.2, 0.25) is 0 Å². The summed E-state index contributed by atoms with van der Waals surface area (Å²) in [6.07, 6.45) is 0. The zero-order chi connectivity index (χ0) is 9.30. The highest BCUT2D eigenvalue weighted by molar-refractivity contribution is 5.85. The van der Waals surface area contributed by atoms with Crippen molar-refractivity contribution in [2.75, 3.05) is 5.73 Å². The number of hydrogen-bond donors (Lipinski definition) is 3. The molecule has 1 aromatic carbocycles. The maximum atomic E-state index is 10.2. The molecule has 0 radical (unpaired) electrons.